The van der Waals surface area contributed by atoms with Gasteiger partial charge in [-0.25, -0.2) is 0 Å². The van der Waals surface area contributed by atoms with Gasteiger partial charge in [0.2, 0.25) is 5.91 Å². The molecule has 0 bridgehead atoms. The van der Waals surface area contributed by atoms with Crippen LogP contribution in [0.3, 0.4) is 0 Å². The van der Waals surface area contributed by atoms with Crippen molar-refractivity contribution in [2.75, 3.05) is 12.4 Å². The average molecular weight is 332 g/mol. The van der Waals surface area contributed by atoms with Crippen LogP contribution in [-0.2, 0) is 9.53 Å². The number of ether oxygens (including phenoxy) is 1. The molecule has 2 unspecified atom stereocenters. The maximum absolute atomic E-state index is 12.3. The zero-order valence-electron chi connectivity index (χ0n) is 12.1. The summed E-state index contributed by atoms with van der Waals surface area (Å²) in [7, 11) is 1.73. The Bertz CT molecular complexity index is 325. The minimum absolute atomic E-state index is 0.0343. The second-order valence-electron chi connectivity index (χ2n) is 6.58. The summed E-state index contributed by atoms with van der Waals surface area (Å²) in [5.41, 5.74) is -0.203. The summed E-state index contributed by atoms with van der Waals surface area (Å²) in [4.78, 5) is 12.3. The van der Waals surface area contributed by atoms with Gasteiger partial charge in [0, 0.05) is 18.0 Å². The lowest BCUT2D eigenvalue weighted by molar-refractivity contribution is -0.136. The summed E-state index contributed by atoms with van der Waals surface area (Å²) in [5, 5.41) is 4.16. The molecule has 0 heterocycles. The summed E-state index contributed by atoms with van der Waals surface area (Å²) in [6.45, 7) is 2.28. The highest BCUT2D eigenvalue weighted by Gasteiger charge is 2.41. The smallest absolute Gasteiger partial charge is 0.223 e. The van der Waals surface area contributed by atoms with Crippen molar-refractivity contribution in [3.05, 3.63) is 0 Å². The summed E-state index contributed by atoms with van der Waals surface area (Å²) in [6, 6.07) is 0. The van der Waals surface area contributed by atoms with Crippen LogP contribution in [0.15, 0.2) is 0 Å². The summed E-state index contributed by atoms with van der Waals surface area (Å²) in [6.07, 6.45) is 8.42. The molecular weight excluding hydrogens is 306 g/mol. The van der Waals surface area contributed by atoms with E-state index in [1.165, 1.54) is 19.3 Å². The van der Waals surface area contributed by atoms with Crippen molar-refractivity contribution < 1.29 is 9.53 Å². The second kappa shape index (κ2) is 6.13. The standard InChI is InChI=1S/C15H26BrNO2/c1-12-5-3-6-14(9-12,11-16)17-13(18)10-15(19-2)7-4-8-15/h12H,3-11H2,1-2H3,(H,17,18). The lowest BCUT2D eigenvalue weighted by atomic mass is 9.75. The number of methoxy groups -OCH3 is 1. The molecule has 2 saturated carbocycles. The third kappa shape index (κ3) is 3.52. The van der Waals surface area contributed by atoms with Crippen LogP contribution in [0.25, 0.3) is 0 Å². The monoisotopic (exact) mass is 331 g/mol. The van der Waals surface area contributed by atoms with E-state index in [9.17, 15) is 4.79 Å². The minimum atomic E-state index is -0.169. The van der Waals surface area contributed by atoms with Crippen LogP contribution in [0.5, 0.6) is 0 Å². The van der Waals surface area contributed by atoms with E-state index >= 15 is 0 Å². The first-order chi connectivity index (χ1) is 9.03. The number of hydrogen-bond donors (Lipinski definition) is 1. The molecule has 0 aromatic rings. The van der Waals surface area contributed by atoms with E-state index in [-0.39, 0.29) is 17.0 Å². The van der Waals surface area contributed by atoms with Gasteiger partial charge in [-0.05, 0) is 38.0 Å². The minimum Gasteiger partial charge on any atom is -0.378 e. The lowest BCUT2D eigenvalue weighted by Crippen LogP contribution is -2.55. The fourth-order valence-electron chi connectivity index (χ4n) is 3.59. The molecule has 1 amide bonds. The molecule has 2 aliphatic carbocycles. The van der Waals surface area contributed by atoms with Gasteiger partial charge in [0.1, 0.15) is 0 Å². The molecule has 0 aromatic heterocycles. The normalized spacial score (nSPS) is 33.5. The molecule has 2 fully saturated rings. The number of carbonyl (C=O) groups excluding carboxylic acids is 1. The third-order valence-corrected chi connectivity index (χ3v) is 6.01. The first kappa shape index (κ1) is 15.3. The van der Waals surface area contributed by atoms with E-state index in [2.05, 4.69) is 28.2 Å². The van der Waals surface area contributed by atoms with Crippen LogP contribution in [0.1, 0.15) is 58.3 Å². The molecule has 3 nitrogen and oxygen atoms in total. The van der Waals surface area contributed by atoms with Gasteiger partial charge >= 0.3 is 0 Å². The number of amides is 1. The number of halogens is 1. The lowest BCUT2D eigenvalue weighted by Gasteiger charge is -2.43. The topological polar surface area (TPSA) is 38.3 Å². The van der Waals surface area contributed by atoms with Crippen molar-refractivity contribution in [1.29, 1.82) is 0 Å². The Hall–Kier alpha value is -0.0900. The second-order valence-corrected chi connectivity index (χ2v) is 7.14. The number of carbonyl (C=O) groups is 1. The van der Waals surface area contributed by atoms with E-state index in [0.29, 0.717) is 12.3 Å². The van der Waals surface area contributed by atoms with E-state index in [4.69, 9.17) is 4.74 Å². The highest BCUT2D eigenvalue weighted by molar-refractivity contribution is 9.09. The molecule has 0 aliphatic heterocycles. The van der Waals surface area contributed by atoms with Crippen LogP contribution in [0.2, 0.25) is 0 Å². The van der Waals surface area contributed by atoms with Gasteiger partial charge in [-0.15, -0.1) is 0 Å². The summed E-state index contributed by atoms with van der Waals surface area (Å²) < 4.78 is 5.55. The SMILES string of the molecule is COC1(CC(=O)NC2(CBr)CCCC(C)C2)CCC1. The predicted octanol–water partition coefficient (Wildman–Crippen LogP) is 3.41. The van der Waals surface area contributed by atoms with Crippen molar-refractivity contribution in [1.82, 2.24) is 5.32 Å². The van der Waals surface area contributed by atoms with Gasteiger partial charge < -0.3 is 10.1 Å². The van der Waals surface area contributed by atoms with Gasteiger partial charge in [-0.1, -0.05) is 35.7 Å². The Labute approximate surface area is 125 Å². The van der Waals surface area contributed by atoms with Crippen molar-refractivity contribution in [3.8, 4) is 0 Å². The van der Waals surface area contributed by atoms with Gasteiger partial charge in [0.25, 0.3) is 0 Å². The molecular formula is C15H26BrNO2. The number of alkyl halides is 1. The quantitative estimate of drug-likeness (QED) is 0.784. The Morgan fingerprint density at radius 2 is 2.11 bits per heavy atom. The van der Waals surface area contributed by atoms with Gasteiger partial charge in [-0.2, -0.15) is 0 Å². The maximum Gasteiger partial charge on any atom is 0.223 e. The number of nitrogens with one attached hydrogen (secondary N) is 1. The van der Waals surface area contributed by atoms with E-state index in [1.54, 1.807) is 7.11 Å². The summed E-state index contributed by atoms with van der Waals surface area (Å²) in [5.74, 6) is 0.863. The molecule has 2 rings (SSSR count). The highest BCUT2D eigenvalue weighted by Crippen LogP contribution is 2.39. The van der Waals surface area contributed by atoms with Crippen molar-refractivity contribution >= 4 is 21.8 Å². The third-order valence-electron chi connectivity index (χ3n) is 4.93. The van der Waals surface area contributed by atoms with Crippen LogP contribution in [0, 0.1) is 5.92 Å². The highest BCUT2D eigenvalue weighted by atomic mass is 79.9. The molecule has 2 atom stereocenters. The molecule has 19 heavy (non-hydrogen) atoms. The predicted molar refractivity (Wildman–Crippen MR) is 80.5 cm³/mol. The van der Waals surface area contributed by atoms with E-state index < -0.39 is 0 Å². The fraction of sp³-hybridized carbons (Fsp3) is 0.933. The zero-order chi connectivity index (χ0) is 13.9. The Morgan fingerprint density at radius 1 is 1.37 bits per heavy atom. The van der Waals surface area contributed by atoms with Gasteiger partial charge in [0.05, 0.1) is 12.0 Å². The molecule has 0 radical (unpaired) electrons. The fourth-order valence-corrected chi connectivity index (χ4v) is 4.23. The molecule has 1 N–H and O–H groups in total. The molecule has 0 spiro atoms. The molecule has 4 heteroatoms. The van der Waals surface area contributed by atoms with Crippen LogP contribution >= 0.6 is 15.9 Å². The van der Waals surface area contributed by atoms with Crippen molar-refractivity contribution in [2.45, 2.75) is 69.4 Å². The molecule has 110 valence electrons. The number of rotatable bonds is 5. The van der Waals surface area contributed by atoms with Crippen LogP contribution in [0.4, 0.5) is 0 Å². The van der Waals surface area contributed by atoms with Crippen LogP contribution in [-0.4, -0.2) is 29.5 Å². The summed E-state index contributed by atoms with van der Waals surface area (Å²) >= 11 is 3.61. The Balaban J connectivity index is 1.92. The largest absolute Gasteiger partial charge is 0.378 e. The molecule has 0 saturated heterocycles. The van der Waals surface area contributed by atoms with Crippen molar-refractivity contribution in [3.63, 3.8) is 0 Å². The average Bonchev–Trinajstić information content (AvgIpc) is 2.34. The van der Waals surface area contributed by atoms with E-state index in [0.717, 1.165) is 31.0 Å². The van der Waals surface area contributed by atoms with E-state index in [1.807, 2.05) is 0 Å². The van der Waals surface area contributed by atoms with Gasteiger partial charge in [0.15, 0.2) is 0 Å². The first-order valence-electron chi connectivity index (χ1n) is 7.45. The number of hydrogen-bond acceptors (Lipinski definition) is 2. The maximum atomic E-state index is 12.3. The van der Waals surface area contributed by atoms with Crippen LogP contribution < -0.4 is 5.32 Å². The Morgan fingerprint density at radius 3 is 2.58 bits per heavy atom. The van der Waals surface area contributed by atoms with Gasteiger partial charge in [-0.3, -0.25) is 4.79 Å². The van der Waals surface area contributed by atoms with Crippen molar-refractivity contribution in [2.24, 2.45) is 5.92 Å². The first-order valence-corrected chi connectivity index (χ1v) is 8.57. The zero-order valence-corrected chi connectivity index (χ0v) is 13.7. The molecule has 2 aliphatic rings. The Kier molecular flexibility index (Phi) is 4.93. The molecule has 0 aromatic carbocycles.